The normalized spacial score (nSPS) is 11.3. The van der Waals surface area contributed by atoms with E-state index in [1.807, 2.05) is 18.2 Å². The minimum absolute atomic E-state index is 0.0701. The second kappa shape index (κ2) is 5.77. The fourth-order valence-corrected chi connectivity index (χ4v) is 2.24. The maximum absolute atomic E-state index is 11.0. The summed E-state index contributed by atoms with van der Waals surface area (Å²) in [6, 6.07) is 10.0. The van der Waals surface area contributed by atoms with E-state index in [0.717, 1.165) is 11.8 Å². The van der Waals surface area contributed by atoms with Gasteiger partial charge in [-0.1, -0.05) is 29.8 Å². The molecule has 0 aliphatic rings. The van der Waals surface area contributed by atoms with Crippen LogP contribution in [0.25, 0.3) is 0 Å². The summed E-state index contributed by atoms with van der Waals surface area (Å²) in [5.41, 5.74) is 0.819. The van der Waals surface area contributed by atoms with Crippen LogP contribution in [0.15, 0.2) is 47.5 Å². The Bertz CT molecular complexity index is 672. The lowest BCUT2D eigenvalue weighted by atomic mass is 10.2. The van der Waals surface area contributed by atoms with Crippen molar-refractivity contribution in [2.24, 2.45) is 0 Å². The van der Waals surface area contributed by atoms with Crippen molar-refractivity contribution in [1.29, 1.82) is 0 Å². The second-order valence-corrected chi connectivity index (χ2v) is 6.62. The van der Waals surface area contributed by atoms with Crippen LogP contribution < -0.4 is 4.74 Å². The molecule has 0 saturated carbocycles. The quantitative estimate of drug-likeness (QED) is 0.812. The maximum Gasteiger partial charge on any atom is 0.262 e. The molecule has 0 N–H and O–H groups in total. The molecule has 0 amide bonds. The lowest BCUT2D eigenvalue weighted by molar-refractivity contribution is 0.293. The lowest BCUT2D eigenvalue weighted by Gasteiger charge is -2.06. The molecule has 1 aromatic carbocycles. The molecular formula is C12H9Cl2NO3S. The minimum atomic E-state index is -3.76. The molecular weight excluding hydrogens is 309 g/mol. The van der Waals surface area contributed by atoms with E-state index in [1.54, 1.807) is 6.07 Å². The number of ether oxygens (including phenoxy) is 1. The van der Waals surface area contributed by atoms with E-state index in [9.17, 15) is 8.42 Å². The first kappa shape index (κ1) is 14.1. The summed E-state index contributed by atoms with van der Waals surface area (Å²) in [5.74, 6) is 0.295. The smallest absolute Gasteiger partial charge is 0.262 e. The Balaban J connectivity index is 2.07. The van der Waals surface area contributed by atoms with Gasteiger partial charge in [-0.15, -0.1) is 0 Å². The van der Waals surface area contributed by atoms with Crippen LogP contribution in [0.5, 0.6) is 5.88 Å². The highest BCUT2D eigenvalue weighted by atomic mass is 35.7. The van der Waals surface area contributed by atoms with E-state index in [4.69, 9.17) is 27.0 Å². The van der Waals surface area contributed by atoms with Gasteiger partial charge < -0.3 is 4.74 Å². The highest BCUT2D eigenvalue weighted by Gasteiger charge is 2.10. The number of hydrogen-bond acceptors (Lipinski definition) is 4. The van der Waals surface area contributed by atoms with E-state index in [1.165, 1.54) is 12.1 Å². The average Bonchev–Trinajstić information content (AvgIpc) is 2.37. The van der Waals surface area contributed by atoms with Crippen molar-refractivity contribution < 1.29 is 13.2 Å². The minimum Gasteiger partial charge on any atom is -0.473 e. The largest absolute Gasteiger partial charge is 0.473 e. The van der Waals surface area contributed by atoms with Crippen LogP contribution in [0.1, 0.15) is 5.56 Å². The van der Waals surface area contributed by atoms with E-state index in [2.05, 4.69) is 4.98 Å². The second-order valence-electron chi connectivity index (χ2n) is 3.65. The third-order valence-electron chi connectivity index (χ3n) is 2.32. The van der Waals surface area contributed by atoms with Crippen LogP contribution >= 0.6 is 22.3 Å². The predicted molar refractivity (Wildman–Crippen MR) is 73.1 cm³/mol. The molecule has 0 aliphatic heterocycles. The number of nitrogens with zero attached hydrogens (tertiary/aromatic N) is 1. The first-order valence-electron chi connectivity index (χ1n) is 5.24. The third-order valence-corrected chi connectivity index (χ3v) is 4.03. The molecule has 2 rings (SSSR count). The molecule has 2 aromatic rings. The fraction of sp³-hybridized carbons (Fsp3) is 0.0833. The van der Waals surface area contributed by atoms with Gasteiger partial charge in [0.25, 0.3) is 9.05 Å². The number of pyridine rings is 1. The average molecular weight is 318 g/mol. The Kier molecular flexibility index (Phi) is 4.29. The Morgan fingerprint density at radius 2 is 1.89 bits per heavy atom. The first-order valence-corrected chi connectivity index (χ1v) is 7.92. The van der Waals surface area contributed by atoms with E-state index < -0.39 is 9.05 Å². The molecule has 0 bridgehead atoms. The predicted octanol–water partition coefficient (Wildman–Crippen LogP) is 3.24. The van der Waals surface area contributed by atoms with Crippen LogP contribution in [-0.4, -0.2) is 13.4 Å². The topological polar surface area (TPSA) is 56.3 Å². The lowest BCUT2D eigenvalue weighted by Crippen LogP contribution is -1.99. The van der Waals surface area contributed by atoms with Gasteiger partial charge in [-0.3, -0.25) is 0 Å². The molecule has 0 saturated heterocycles. The molecule has 1 aromatic heterocycles. The molecule has 0 aliphatic carbocycles. The summed E-state index contributed by atoms with van der Waals surface area (Å²) in [6.07, 6.45) is 1.14. The van der Waals surface area contributed by atoms with E-state index in [0.29, 0.717) is 10.9 Å². The molecule has 19 heavy (non-hydrogen) atoms. The van der Waals surface area contributed by atoms with Gasteiger partial charge in [-0.2, -0.15) is 0 Å². The highest BCUT2D eigenvalue weighted by Crippen LogP contribution is 2.19. The van der Waals surface area contributed by atoms with Gasteiger partial charge in [0, 0.05) is 27.3 Å². The summed E-state index contributed by atoms with van der Waals surface area (Å²) in [7, 11) is 1.42. The van der Waals surface area contributed by atoms with Gasteiger partial charge in [-0.05, 0) is 12.1 Å². The SMILES string of the molecule is O=S(=O)(Cl)c1ccc(OCc2ccccc2Cl)nc1. The van der Waals surface area contributed by atoms with E-state index in [-0.39, 0.29) is 11.5 Å². The van der Waals surface area contributed by atoms with Crippen molar-refractivity contribution in [2.45, 2.75) is 11.5 Å². The van der Waals surface area contributed by atoms with Gasteiger partial charge >= 0.3 is 0 Å². The molecule has 0 atom stereocenters. The molecule has 100 valence electrons. The summed E-state index contributed by atoms with van der Waals surface area (Å²) in [6.45, 7) is 0.250. The standard InChI is InChI=1S/C12H9Cl2NO3S/c13-11-4-2-1-3-9(11)8-18-12-6-5-10(7-15-12)19(14,16)17/h1-7H,8H2. The number of hydrogen-bond donors (Lipinski definition) is 0. The summed E-state index contributed by atoms with van der Waals surface area (Å²) in [4.78, 5) is 3.79. The van der Waals surface area contributed by atoms with Crippen LogP contribution in [0, 0.1) is 0 Å². The first-order chi connectivity index (χ1) is 8.97. The van der Waals surface area contributed by atoms with Crippen molar-refractivity contribution >= 4 is 31.3 Å². The van der Waals surface area contributed by atoms with Gasteiger partial charge in [-0.25, -0.2) is 13.4 Å². The zero-order valence-electron chi connectivity index (χ0n) is 9.58. The third kappa shape index (κ3) is 3.83. The van der Waals surface area contributed by atoms with Gasteiger partial charge in [0.1, 0.15) is 11.5 Å². The monoisotopic (exact) mass is 317 g/mol. The molecule has 0 unspecified atom stereocenters. The highest BCUT2D eigenvalue weighted by molar-refractivity contribution is 8.13. The van der Waals surface area contributed by atoms with Crippen molar-refractivity contribution in [3.63, 3.8) is 0 Å². The zero-order valence-corrected chi connectivity index (χ0v) is 11.9. The molecule has 1 heterocycles. The Morgan fingerprint density at radius 3 is 2.47 bits per heavy atom. The van der Waals surface area contributed by atoms with Gasteiger partial charge in [0.05, 0.1) is 6.20 Å². The van der Waals surface area contributed by atoms with E-state index >= 15 is 0 Å². The Morgan fingerprint density at radius 1 is 1.16 bits per heavy atom. The van der Waals surface area contributed by atoms with Crippen molar-refractivity contribution in [3.05, 3.63) is 53.2 Å². The van der Waals surface area contributed by atoms with Crippen molar-refractivity contribution in [1.82, 2.24) is 4.98 Å². The summed E-state index contributed by atoms with van der Waals surface area (Å²) >= 11 is 5.98. The van der Waals surface area contributed by atoms with Gasteiger partial charge in [0.2, 0.25) is 5.88 Å². The number of halogens is 2. The van der Waals surface area contributed by atoms with Gasteiger partial charge in [0.15, 0.2) is 0 Å². The van der Waals surface area contributed by atoms with Crippen molar-refractivity contribution in [2.75, 3.05) is 0 Å². The molecule has 0 spiro atoms. The summed E-state index contributed by atoms with van der Waals surface area (Å²) < 4.78 is 27.5. The molecule has 0 radical (unpaired) electrons. The molecule has 4 nitrogen and oxygen atoms in total. The van der Waals surface area contributed by atoms with Crippen molar-refractivity contribution in [3.8, 4) is 5.88 Å². The number of aromatic nitrogens is 1. The van der Waals surface area contributed by atoms with Crippen LogP contribution in [0.4, 0.5) is 0 Å². The van der Waals surface area contributed by atoms with Crippen LogP contribution in [0.3, 0.4) is 0 Å². The number of rotatable bonds is 4. The molecule has 7 heteroatoms. The Labute approximate surface area is 120 Å². The van der Waals surface area contributed by atoms with Crippen LogP contribution in [0.2, 0.25) is 5.02 Å². The zero-order chi connectivity index (χ0) is 13.9. The molecule has 0 fully saturated rings. The van der Waals surface area contributed by atoms with Crippen LogP contribution in [-0.2, 0) is 15.7 Å². The maximum atomic E-state index is 11.0. The summed E-state index contributed by atoms with van der Waals surface area (Å²) in [5, 5.41) is 0.599. The fourth-order valence-electron chi connectivity index (χ4n) is 1.36. The Hall–Kier alpha value is -1.30. The number of benzene rings is 1.